The molecule has 390 valence electrons. The number of unbranched alkanes of at least 4 members (excludes halogenated alkanes) is 27. The predicted molar refractivity (Wildman–Crippen MR) is 259 cm³/mol. The number of carbonyl (C=O) groups excluding carboxylic acids is 1. The molecule has 2 fully saturated rings. The van der Waals surface area contributed by atoms with Gasteiger partial charge in [-0.25, -0.2) is 0 Å². The molecule has 2 aliphatic heterocycles. The van der Waals surface area contributed by atoms with Crippen LogP contribution < -0.4 is 5.32 Å². The summed E-state index contributed by atoms with van der Waals surface area (Å²) in [7, 11) is 0. The van der Waals surface area contributed by atoms with Gasteiger partial charge in [-0.1, -0.05) is 187 Å². The second-order valence-corrected chi connectivity index (χ2v) is 19.4. The van der Waals surface area contributed by atoms with Crippen molar-refractivity contribution in [3.8, 4) is 0 Å². The van der Waals surface area contributed by atoms with Crippen LogP contribution in [0, 0.1) is 0 Å². The van der Waals surface area contributed by atoms with E-state index in [9.17, 15) is 45.6 Å². The number of nitrogens with one attached hydrogen (secondary N) is 1. The van der Waals surface area contributed by atoms with Crippen LogP contribution in [-0.2, 0) is 23.7 Å². The zero-order chi connectivity index (χ0) is 48.2. The van der Waals surface area contributed by atoms with Gasteiger partial charge in [-0.15, -0.1) is 0 Å². The molecule has 2 saturated heterocycles. The third-order valence-electron chi connectivity index (χ3n) is 13.5. The highest BCUT2D eigenvalue weighted by Crippen LogP contribution is 2.30. The van der Waals surface area contributed by atoms with Gasteiger partial charge in [0.2, 0.25) is 5.91 Å². The Hall–Kier alpha value is -1.27. The summed E-state index contributed by atoms with van der Waals surface area (Å²) in [4.78, 5) is 13.2. The lowest BCUT2D eigenvalue weighted by Crippen LogP contribution is -2.65. The molecule has 14 nitrogen and oxygen atoms in total. The number of aliphatic hydroxyl groups is 8. The number of aliphatic hydroxyl groups excluding tert-OH is 8. The lowest BCUT2D eigenvalue weighted by molar-refractivity contribution is -0.359. The standard InChI is InChI=1S/C52H99NO13/c1-3-5-7-9-11-13-15-17-18-19-20-21-22-24-25-27-29-31-33-35-41(56)40(53-44(57)36-34-32-30-28-26-23-16-14-12-10-8-6-4-2)39-63-51-49(62)47(60)50(43(38-55)65-51)66-52-48(61)46(59)45(58)42(37-54)64-52/h14,16,40-43,45-52,54-56,58-62H,3-13,15,17-39H2,1-2H3,(H,53,57)/b16-14-. The molecular weight excluding hydrogens is 847 g/mol. The quantitative estimate of drug-likeness (QED) is 0.0213. The molecule has 2 rings (SSSR count). The maximum atomic E-state index is 13.2. The van der Waals surface area contributed by atoms with Crippen molar-refractivity contribution in [2.75, 3.05) is 19.8 Å². The zero-order valence-corrected chi connectivity index (χ0v) is 41.5. The molecule has 9 N–H and O–H groups in total. The maximum absolute atomic E-state index is 13.2. The fourth-order valence-electron chi connectivity index (χ4n) is 9.06. The minimum absolute atomic E-state index is 0.215. The van der Waals surface area contributed by atoms with E-state index in [1.807, 2.05) is 0 Å². The fraction of sp³-hybridized carbons (Fsp3) is 0.942. The number of hydrogen-bond donors (Lipinski definition) is 9. The van der Waals surface area contributed by atoms with Crippen molar-refractivity contribution in [3.05, 3.63) is 12.2 Å². The summed E-state index contributed by atoms with van der Waals surface area (Å²) < 4.78 is 22.8. The largest absolute Gasteiger partial charge is 0.394 e. The van der Waals surface area contributed by atoms with Gasteiger partial charge >= 0.3 is 0 Å². The van der Waals surface area contributed by atoms with Gasteiger partial charge < -0.3 is 65.1 Å². The summed E-state index contributed by atoms with van der Waals surface area (Å²) >= 11 is 0. The van der Waals surface area contributed by atoms with E-state index in [1.165, 1.54) is 122 Å². The molecule has 0 spiro atoms. The third kappa shape index (κ3) is 26.1. The van der Waals surface area contributed by atoms with Crippen molar-refractivity contribution < 1.29 is 64.6 Å². The predicted octanol–water partition coefficient (Wildman–Crippen LogP) is 7.55. The molecule has 0 aromatic rings. The molecule has 0 bridgehead atoms. The van der Waals surface area contributed by atoms with Gasteiger partial charge in [-0.05, 0) is 38.5 Å². The van der Waals surface area contributed by atoms with E-state index >= 15 is 0 Å². The number of hydrogen-bond acceptors (Lipinski definition) is 13. The summed E-state index contributed by atoms with van der Waals surface area (Å²) in [5.41, 5.74) is 0. The molecule has 1 amide bonds. The van der Waals surface area contributed by atoms with Crippen molar-refractivity contribution in [1.29, 1.82) is 0 Å². The molecule has 0 saturated carbocycles. The lowest BCUT2D eigenvalue weighted by atomic mass is 9.97. The summed E-state index contributed by atoms with van der Waals surface area (Å²) in [6.07, 6.45) is 24.9. The fourth-order valence-corrected chi connectivity index (χ4v) is 9.06. The molecule has 0 radical (unpaired) electrons. The number of amides is 1. The normalized spacial score (nSPS) is 26.8. The first-order chi connectivity index (χ1) is 32.1. The zero-order valence-electron chi connectivity index (χ0n) is 41.5. The van der Waals surface area contributed by atoms with Crippen molar-refractivity contribution in [2.24, 2.45) is 0 Å². The van der Waals surface area contributed by atoms with Crippen LogP contribution in [0.25, 0.3) is 0 Å². The number of carbonyl (C=O) groups is 1. The first-order valence-corrected chi connectivity index (χ1v) is 26.9. The molecular formula is C52H99NO13. The van der Waals surface area contributed by atoms with E-state index in [1.54, 1.807) is 0 Å². The highest BCUT2D eigenvalue weighted by atomic mass is 16.7. The van der Waals surface area contributed by atoms with Crippen molar-refractivity contribution in [2.45, 2.75) is 293 Å². The smallest absolute Gasteiger partial charge is 0.220 e. The molecule has 2 aliphatic rings. The minimum Gasteiger partial charge on any atom is -0.394 e. The maximum Gasteiger partial charge on any atom is 0.220 e. The Morgan fingerprint density at radius 3 is 1.45 bits per heavy atom. The monoisotopic (exact) mass is 946 g/mol. The van der Waals surface area contributed by atoms with Crippen LogP contribution in [0.3, 0.4) is 0 Å². The van der Waals surface area contributed by atoms with E-state index in [0.29, 0.717) is 19.3 Å². The number of ether oxygens (including phenoxy) is 4. The van der Waals surface area contributed by atoms with Gasteiger partial charge in [-0.2, -0.15) is 0 Å². The number of allylic oxidation sites excluding steroid dienone is 2. The van der Waals surface area contributed by atoms with Crippen LogP contribution in [0.2, 0.25) is 0 Å². The molecule has 66 heavy (non-hydrogen) atoms. The summed E-state index contributed by atoms with van der Waals surface area (Å²) in [5.74, 6) is -0.215. The van der Waals surface area contributed by atoms with E-state index in [4.69, 9.17) is 18.9 Å². The van der Waals surface area contributed by atoms with Gasteiger partial charge in [0.15, 0.2) is 12.6 Å². The third-order valence-corrected chi connectivity index (χ3v) is 13.5. The van der Waals surface area contributed by atoms with Crippen molar-refractivity contribution in [3.63, 3.8) is 0 Å². The van der Waals surface area contributed by atoms with Crippen molar-refractivity contribution >= 4 is 5.91 Å². The highest BCUT2D eigenvalue weighted by molar-refractivity contribution is 5.76. The minimum atomic E-state index is -1.78. The van der Waals surface area contributed by atoms with Crippen LogP contribution in [0.5, 0.6) is 0 Å². The van der Waals surface area contributed by atoms with E-state index in [-0.39, 0.29) is 12.5 Å². The van der Waals surface area contributed by atoms with E-state index in [2.05, 4.69) is 31.3 Å². The Morgan fingerprint density at radius 1 is 0.530 bits per heavy atom. The summed E-state index contributed by atoms with van der Waals surface area (Å²) in [5, 5.41) is 87.0. The Balaban J connectivity index is 1.80. The Labute approximate surface area is 399 Å². The molecule has 0 aromatic carbocycles. The number of rotatable bonds is 42. The highest BCUT2D eigenvalue weighted by Gasteiger charge is 2.51. The Kier molecular flexibility index (Phi) is 36.4. The lowest BCUT2D eigenvalue weighted by Gasteiger charge is -2.46. The SMILES string of the molecule is CCCCCC/C=C\CCCCCCCC(=O)NC(COC1OC(CO)C(OC2OC(CO)C(O)C(O)C2O)C(O)C1O)C(O)CCCCCCCCCCCCCCCCCCCCC. The van der Waals surface area contributed by atoms with Gasteiger partial charge in [0, 0.05) is 6.42 Å². The molecule has 12 atom stereocenters. The van der Waals surface area contributed by atoms with Gasteiger partial charge in [0.25, 0.3) is 0 Å². The second-order valence-electron chi connectivity index (χ2n) is 19.4. The average molecular weight is 946 g/mol. The summed E-state index contributed by atoms with van der Waals surface area (Å²) in [6, 6.07) is -0.828. The molecule has 12 unspecified atom stereocenters. The van der Waals surface area contributed by atoms with Crippen LogP contribution in [-0.4, -0.2) is 140 Å². The second kappa shape index (κ2) is 39.5. The molecule has 14 heteroatoms. The summed E-state index contributed by atoms with van der Waals surface area (Å²) in [6.45, 7) is 2.84. The van der Waals surface area contributed by atoms with Gasteiger partial charge in [0.1, 0.15) is 48.8 Å². The van der Waals surface area contributed by atoms with E-state index < -0.39 is 86.8 Å². The molecule has 0 aliphatic carbocycles. The van der Waals surface area contributed by atoms with Crippen molar-refractivity contribution in [1.82, 2.24) is 5.32 Å². The van der Waals surface area contributed by atoms with Crippen LogP contribution in [0.4, 0.5) is 0 Å². The first-order valence-electron chi connectivity index (χ1n) is 26.9. The topological polar surface area (TPSA) is 228 Å². The van der Waals surface area contributed by atoms with E-state index in [0.717, 1.165) is 64.2 Å². The van der Waals surface area contributed by atoms with Crippen LogP contribution in [0.15, 0.2) is 12.2 Å². The van der Waals surface area contributed by atoms with Gasteiger partial charge in [-0.3, -0.25) is 4.79 Å². The Bertz CT molecular complexity index is 1160. The molecule has 0 aromatic heterocycles. The average Bonchev–Trinajstić information content (AvgIpc) is 3.31. The van der Waals surface area contributed by atoms with Crippen LogP contribution >= 0.6 is 0 Å². The first kappa shape index (κ1) is 60.9. The van der Waals surface area contributed by atoms with Crippen LogP contribution in [0.1, 0.15) is 219 Å². The molecule has 2 heterocycles. The van der Waals surface area contributed by atoms with Gasteiger partial charge in [0.05, 0.1) is 32.0 Å². The Morgan fingerprint density at radius 2 is 0.955 bits per heavy atom.